The molecule has 27 heavy (non-hydrogen) atoms. The first-order valence-electron chi connectivity index (χ1n) is 8.92. The molecule has 0 atom stereocenters. The first-order chi connectivity index (χ1) is 13.1. The van der Waals surface area contributed by atoms with E-state index in [0.29, 0.717) is 31.3 Å². The number of hydrogen-bond donors (Lipinski definition) is 1. The molecule has 1 saturated heterocycles. The number of para-hydroxylation sites is 1. The number of morpholine rings is 1. The van der Waals surface area contributed by atoms with Gasteiger partial charge in [-0.15, -0.1) is 0 Å². The lowest BCUT2D eigenvalue weighted by Gasteiger charge is -2.31. The van der Waals surface area contributed by atoms with E-state index in [2.05, 4.69) is 11.0 Å². The third-order valence-corrected chi connectivity index (χ3v) is 4.82. The maximum Gasteiger partial charge on any atom is 0.257 e. The van der Waals surface area contributed by atoms with Crippen LogP contribution < -0.4 is 14.4 Å². The van der Waals surface area contributed by atoms with Crippen molar-refractivity contribution in [3.63, 3.8) is 0 Å². The van der Waals surface area contributed by atoms with E-state index in [0.717, 1.165) is 24.3 Å². The Bertz CT molecular complexity index is 848. The summed E-state index contributed by atoms with van der Waals surface area (Å²) in [7, 11) is 1.72. The number of aromatic hydroxyl groups is 1. The lowest BCUT2D eigenvalue weighted by atomic mass is 10.1. The zero-order chi connectivity index (χ0) is 18.8. The molecule has 0 aliphatic carbocycles. The van der Waals surface area contributed by atoms with Gasteiger partial charge >= 0.3 is 0 Å². The van der Waals surface area contributed by atoms with Gasteiger partial charge in [0, 0.05) is 44.5 Å². The molecule has 2 heterocycles. The van der Waals surface area contributed by atoms with E-state index in [1.165, 1.54) is 12.1 Å². The number of carbonyl (C=O) groups is 1. The molecule has 0 spiro atoms. The second-order valence-electron chi connectivity index (χ2n) is 6.61. The molecule has 0 unspecified atom stereocenters. The average molecular weight is 370 g/mol. The first-order valence-corrected chi connectivity index (χ1v) is 8.92. The van der Waals surface area contributed by atoms with Gasteiger partial charge in [-0.25, -0.2) is 0 Å². The van der Waals surface area contributed by atoms with Crippen LogP contribution in [0.5, 0.6) is 17.2 Å². The number of benzene rings is 2. The fraction of sp³-hybridized carbons (Fsp3) is 0.350. The van der Waals surface area contributed by atoms with Crippen LogP contribution in [0.15, 0.2) is 36.4 Å². The number of phenolic OH excluding ortho intramolecular Hbond substituents is 1. The van der Waals surface area contributed by atoms with E-state index in [4.69, 9.17) is 14.2 Å². The van der Waals surface area contributed by atoms with Gasteiger partial charge < -0.3 is 29.1 Å². The Morgan fingerprint density at radius 3 is 2.63 bits per heavy atom. The number of carbonyl (C=O) groups excluding carboxylic acids is 1. The van der Waals surface area contributed by atoms with Gasteiger partial charge in [0.05, 0.1) is 18.8 Å². The Labute approximate surface area is 157 Å². The van der Waals surface area contributed by atoms with Crippen LogP contribution in [0.4, 0.5) is 5.69 Å². The van der Waals surface area contributed by atoms with Crippen LogP contribution in [-0.4, -0.2) is 56.1 Å². The van der Waals surface area contributed by atoms with Crippen LogP contribution >= 0.6 is 0 Å². The highest BCUT2D eigenvalue weighted by Crippen LogP contribution is 2.38. The lowest BCUT2D eigenvalue weighted by molar-refractivity contribution is 0.0781. The SMILES string of the molecule is CN(Cc1ccccc1N1CCOCC1)C(=O)c1cc2c(cc1O)OCO2. The summed E-state index contributed by atoms with van der Waals surface area (Å²) in [4.78, 5) is 16.8. The van der Waals surface area contributed by atoms with Crippen molar-refractivity contribution < 1.29 is 24.1 Å². The van der Waals surface area contributed by atoms with Gasteiger partial charge in [0.2, 0.25) is 6.79 Å². The summed E-state index contributed by atoms with van der Waals surface area (Å²) in [6, 6.07) is 11.0. The Kier molecular flexibility index (Phi) is 4.77. The van der Waals surface area contributed by atoms with Crippen molar-refractivity contribution in [2.24, 2.45) is 0 Å². The summed E-state index contributed by atoms with van der Waals surface area (Å²) in [5, 5.41) is 10.2. The van der Waals surface area contributed by atoms with Crippen molar-refractivity contribution in [2.45, 2.75) is 6.54 Å². The fourth-order valence-electron chi connectivity index (χ4n) is 3.39. The highest BCUT2D eigenvalue weighted by molar-refractivity contribution is 5.97. The predicted molar refractivity (Wildman–Crippen MR) is 99.5 cm³/mol. The molecule has 2 aliphatic heterocycles. The Hall–Kier alpha value is -2.93. The van der Waals surface area contributed by atoms with Crippen LogP contribution in [0.3, 0.4) is 0 Å². The van der Waals surface area contributed by atoms with Crippen molar-refractivity contribution in [1.29, 1.82) is 0 Å². The summed E-state index contributed by atoms with van der Waals surface area (Å²) < 4.78 is 16.0. The largest absolute Gasteiger partial charge is 0.507 e. The van der Waals surface area contributed by atoms with E-state index in [1.54, 1.807) is 11.9 Å². The number of rotatable bonds is 4. The molecule has 1 N–H and O–H groups in total. The first kappa shape index (κ1) is 17.5. The van der Waals surface area contributed by atoms with Crippen molar-refractivity contribution >= 4 is 11.6 Å². The van der Waals surface area contributed by atoms with Gasteiger partial charge in [-0.1, -0.05) is 18.2 Å². The van der Waals surface area contributed by atoms with Crippen LogP contribution in [0.2, 0.25) is 0 Å². The van der Waals surface area contributed by atoms with Gasteiger partial charge in [0.15, 0.2) is 11.5 Å². The standard InChI is InChI=1S/C20H22N2O5/c1-21(20(24)15-10-18-19(11-17(15)23)27-13-26-18)12-14-4-2-3-5-16(14)22-6-8-25-9-7-22/h2-5,10-11,23H,6-9,12-13H2,1H3. The molecule has 142 valence electrons. The van der Waals surface area contributed by atoms with E-state index >= 15 is 0 Å². The molecule has 4 rings (SSSR count). The minimum absolute atomic E-state index is 0.0924. The van der Waals surface area contributed by atoms with E-state index in [-0.39, 0.29) is 24.0 Å². The summed E-state index contributed by atoms with van der Waals surface area (Å²) in [5.41, 5.74) is 2.36. The molecule has 1 fully saturated rings. The Morgan fingerprint density at radius 1 is 1.15 bits per heavy atom. The number of hydrogen-bond acceptors (Lipinski definition) is 6. The predicted octanol–water partition coefficient (Wildman–Crippen LogP) is 2.23. The van der Waals surface area contributed by atoms with E-state index in [9.17, 15) is 9.90 Å². The molecule has 7 nitrogen and oxygen atoms in total. The van der Waals surface area contributed by atoms with Crippen LogP contribution in [0, 0.1) is 0 Å². The number of ether oxygens (including phenoxy) is 3. The number of nitrogens with zero attached hydrogens (tertiary/aromatic N) is 2. The number of fused-ring (bicyclic) bond motifs is 1. The van der Waals surface area contributed by atoms with Gasteiger partial charge in [-0.3, -0.25) is 4.79 Å². The number of anilines is 1. The topological polar surface area (TPSA) is 71.5 Å². The monoisotopic (exact) mass is 370 g/mol. The third-order valence-electron chi connectivity index (χ3n) is 4.82. The Balaban J connectivity index is 1.54. The highest BCUT2D eigenvalue weighted by atomic mass is 16.7. The van der Waals surface area contributed by atoms with Crippen molar-refractivity contribution in [2.75, 3.05) is 45.0 Å². The maximum absolute atomic E-state index is 12.9. The average Bonchev–Trinajstić information content (AvgIpc) is 3.15. The van der Waals surface area contributed by atoms with Crippen molar-refractivity contribution in [3.8, 4) is 17.2 Å². The quantitative estimate of drug-likeness (QED) is 0.890. The molecule has 2 aromatic rings. The molecule has 1 amide bonds. The van der Waals surface area contributed by atoms with Gasteiger partial charge in [0.1, 0.15) is 5.75 Å². The summed E-state index contributed by atoms with van der Waals surface area (Å²) in [6.45, 7) is 3.59. The number of phenols is 1. The van der Waals surface area contributed by atoms with Crippen LogP contribution in [0.1, 0.15) is 15.9 Å². The van der Waals surface area contributed by atoms with Crippen molar-refractivity contribution in [1.82, 2.24) is 4.90 Å². The zero-order valence-corrected chi connectivity index (χ0v) is 15.2. The lowest BCUT2D eigenvalue weighted by Crippen LogP contribution is -2.37. The molecule has 0 saturated carbocycles. The minimum Gasteiger partial charge on any atom is -0.507 e. The molecular formula is C20H22N2O5. The molecule has 2 aromatic carbocycles. The van der Waals surface area contributed by atoms with E-state index < -0.39 is 0 Å². The highest BCUT2D eigenvalue weighted by Gasteiger charge is 2.24. The van der Waals surface area contributed by atoms with Crippen LogP contribution in [-0.2, 0) is 11.3 Å². The summed E-state index contributed by atoms with van der Waals surface area (Å²) in [5.74, 6) is 0.530. The van der Waals surface area contributed by atoms with Crippen molar-refractivity contribution in [3.05, 3.63) is 47.5 Å². The Morgan fingerprint density at radius 2 is 1.85 bits per heavy atom. The van der Waals surface area contributed by atoms with Gasteiger partial charge in [0.25, 0.3) is 5.91 Å². The normalized spacial score (nSPS) is 15.7. The molecule has 0 bridgehead atoms. The van der Waals surface area contributed by atoms with Gasteiger partial charge in [-0.05, 0) is 11.6 Å². The number of amides is 1. The molecular weight excluding hydrogens is 348 g/mol. The molecule has 0 aromatic heterocycles. The summed E-state index contributed by atoms with van der Waals surface area (Å²) >= 11 is 0. The molecule has 0 radical (unpaired) electrons. The molecule has 7 heteroatoms. The molecule has 2 aliphatic rings. The third kappa shape index (κ3) is 3.50. The van der Waals surface area contributed by atoms with Crippen LogP contribution in [0.25, 0.3) is 0 Å². The smallest absolute Gasteiger partial charge is 0.257 e. The minimum atomic E-state index is -0.275. The maximum atomic E-state index is 12.9. The summed E-state index contributed by atoms with van der Waals surface area (Å²) in [6.07, 6.45) is 0. The second-order valence-corrected chi connectivity index (χ2v) is 6.61. The van der Waals surface area contributed by atoms with E-state index in [1.807, 2.05) is 18.2 Å². The zero-order valence-electron chi connectivity index (χ0n) is 15.2. The second kappa shape index (κ2) is 7.36. The fourth-order valence-corrected chi connectivity index (χ4v) is 3.39. The van der Waals surface area contributed by atoms with Gasteiger partial charge in [-0.2, -0.15) is 0 Å².